The number of carbonyl (C=O) groups excluding carboxylic acids is 2. The number of hydrogen-bond donors (Lipinski definition) is 0. The third kappa shape index (κ3) is 4.39. The number of carbonyl (C=O) groups is 2. The molecule has 3 aliphatic heterocycles. The van der Waals surface area contributed by atoms with Gasteiger partial charge in [0, 0.05) is 31.4 Å². The molecule has 2 saturated heterocycles. The lowest BCUT2D eigenvalue weighted by molar-refractivity contribution is -0.153. The van der Waals surface area contributed by atoms with Crippen LogP contribution in [0.2, 0.25) is 0 Å². The van der Waals surface area contributed by atoms with Crippen molar-refractivity contribution in [2.45, 2.75) is 82.6 Å². The van der Waals surface area contributed by atoms with Gasteiger partial charge in [-0.3, -0.25) is 19.4 Å². The molecule has 0 bridgehead atoms. The molecule has 6 heteroatoms. The van der Waals surface area contributed by atoms with Crippen LogP contribution in [0.3, 0.4) is 0 Å². The minimum absolute atomic E-state index is 0.0107. The third-order valence-corrected chi connectivity index (χ3v) is 8.68. The molecule has 0 radical (unpaired) electrons. The lowest BCUT2D eigenvalue weighted by Gasteiger charge is -2.49. The Morgan fingerprint density at radius 1 is 0.939 bits per heavy atom. The molecule has 2 amide bonds. The number of fused-ring (bicyclic) bond motifs is 1. The van der Waals surface area contributed by atoms with Crippen LogP contribution < -0.4 is 9.47 Å². The Bertz CT molecular complexity index is 860. The van der Waals surface area contributed by atoms with Crippen LogP contribution in [0.25, 0.3) is 0 Å². The quantitative estimate of drug-likeness (QED) is 0.473. The van der Waals surface area contributed by atoms with E-state index in [9.17, 15) is 9.59 Å². The highest BCUT2D eigenvalue weighted by molar-refractivity contribution is 5.98. The van der Waals surface area contributed by atoms with Gasteiger partial charge in [-0.05, 0) is 69.2 Å². The first kappa shape index (κ1) is 22.7. The van der Waals surface area contributed by atoms with Gasteiger partial charge in [0.1, 0.15) is 18.1 Å². The zero-order valence-electron chi connectivity index (χ0n) is 20.1. The van der Waals surface area contributed by atoms with Gasteiger partial charge in [-0.25, -0.2) is 0 Å². The van der Waals surface area contributed by atoms with E-state index in [2.05, 4.69) is 4.90 Å². The van der Waals surface area contributed by atoms with Gasteiger partial charge in [-0.1, -0.05) is 25.3 Å². The highest BCUT2D eigenvalue weighted by Crippen LogP contribution is 2.47. The number of unbranched alkanes of at least 4 members (excludes halogenated alkanes) is 1. The molecule has 33 heavy (non-hydrogen) atoms. The lowest BCUT2D eigenvalue weighted by atomic mass is 9.76. The summed E-state index contributed by atoms with van der Waals surface area (Å²) < 4.78 is 11.9. The zero-order valence-corrected chi connectivity index (χ0v) is 20.1. The van der Waals surface area contributed by atoms with Crippen molar-refractivity contribution < 1.29 is 19.1 Å². The number of imide groups is 1. The zero-order chi connectivity index (χ0) is 22.9. The number of likely N-dealkylation sites (tertiary alicyclic amines) is 2. The van der Waals surface area contributed by atoms with Crippen molar-refractivity contribution in [1.82, 2.24) is 9.80 Å². The number of rotatable bonds is 6. The van der Waals surface area contributed by atoms with Crippen LogP contribution in [0.1, 0.15) is 76.2 Å². The number of methoxy groups -OCH3 is 1. The molecule has 2 spiro atoms. The summed E-state index contributed by atoms with van der Waals surface area (Å²) in [5.74, 6) is 1.99. The van der Waals surface area contributed by atoms with Crippen molar-refractivity contribution in [1.29, 1.82) is 0 Å². The monoisotopic (exact) mass is 454 g/mol. The molecule has 1 saturated carbocycles. The summed E-state index contributed by atoms with van der Waals surface area (Å²) in [5, 5.41) is 0. The molecular weight excluding hydrogens is 416 g/mol. The molecule has 0 N–H and O–H groups in total. The molecule has 3 heterocycles. The summed E-state index contributed by atoms with van der Waals surface area (Å²) in [6, 6.07) is 6.06. The normalized spacial score (nSPS) is 27.1. The largest absolute Gasteiger partial charge is 0.496 e. The van der Waals surface area contributed by atoms with Gasteiger partial charge >= 0.3 is 0 Å². The van der Waals surface area contributed by atoms with Gasteiger partial charge in [0.05, 0.1) is 12.6 Å². The van der Waals surface area contributed by atoms with E-state index >= 15 is 0 Å². The van der Waals surface area contributed by atoms with Gasteiger partial charge < -0.3 is 9.47 Å². The van der Waals surface area contributed by atoms with Gasteiger partial charge in [-0.2, -0.15) is 0 Å². The highest BCUT2D eigenvalue weighted by Gasteiger charge is 2.45. The molecule has 1 aliphatic carbocycles. The predicted octanol–water partition coefficient (Wildman–Crippen LogP) is 4.34. The van der Waals surface area contributed by atoms with Crippen molar-refractivity contribution in [2.24, 2.45) is 5.41 Å². The van der Waals surface area contributed by atoms with Crippen LogP contribution in [0.15, 0.2) is 18.2 Å². The second-order valence-electron chi connectivity index (χ2n) is 10.8. The predicted molar refractivity (Wildman–Crippen MR) is 126 cm³/mol. The van der Waals surface area contributed by atoms with E-state index in [0.29, 0.717) is 19.4 Å². The van der Waals surface area contributed by atoms with E-state index in [-0.39, 0.29) is 22.8 Å². The fourth-order valence-electron chi connectivity index (χ4n) is 6.84. The van der Waals surface area contributed by atoms with E-state index in [1.54, 1.807) is 12.0 Å². The summed E-state index contributed by atoms with van der Waals surface area (Å²) in [7, 11) is 1.73. The van der Waals surface area contributed by atoms with Gasteiger partial charge in [0.2, 0.25) is 11.8 Å². The van der Waals surface area contributed by atoms with Crippen molar-refractivity contribution in [3.05, 3.63) is 23.8 Å². The van der Waals surface area contributed by atoms with Crippen molar-refractivity contribution in [3.63, 3.8) is 0 Å². The Morgan fingerprint density at radius 3 is 2.42 bits per heavy atom. The van der Waals surface area contributed by atoms with Crippen LogP contribution in [0.5, 0.6) is 11.5 Å². The lowest BCUT2D eigenvalue weighted by Crippen LogP contribution is -2.58. The fraction of sp³-hybridized carbons (Fsp3) is 0.704. The molecule has 6 nitrogen and oxygen atoms in total. The second-order valence-corrected chi connectivity index (χ2v) is 10.8. The second kappa shape index (κ2) is 9.28. The molecule has 0 unspecified atom stereocenters. The standard InChI is InChI=1S/C27H38N2O4/c1-32-22-9-8-10-23-21(22)17-27(20-33-23)13-4-5-14-28(27)15-6-7-16-29-24(30)18-26(19-25(29)31)11-2-3-12-26/h8-10H,2-7,11-20H2,1H3/t27-/m1/s1. The van der Waals surface area contributed by atoms with E-state index in [1.165, 1.54) is 18.4 Å². The summed E-state index contributed by atoms with van der Waals surface area (Å²) in [4.78, 5) is 29.7. The Hall–Kier alpha value is -2.08. The number of hydrogen-bond acceptors (Lipinski definition) is 5. The number of benzene rings is 1. The minimum atomic E-state index is -0.0107. The smallest absolute Gasteiger partial charge is 0.229 e. The summed E-state index contributed by atoms with van der Waals surface area (Å²) in [5.41, 5.74) is 1.19. The maximum Gasteiger partial charge on any atom is 0.229 e. The maximum atomic E-state index is 12.7. The van der Waals surface area contributed by atoms with Gasteiger partial charge in [-0.15, -0.1) is 0 Å². The first-order valence-electron chi connectivity index (χ1n) is 12.9. The SMILES string of the molecule is COc1cccc2c1C[C@]1(CCCCN1CCCCN1C(=O)CC3(CCCC3)CC1=O)CO2. The van der Waals surface area contributed by atoms with E-state index in [4.69, 9.17) is 9.47 Å². The van der Waals surface area contributed by atoms with Crippen LogP contribution in [-0.4, -0.2) is 60.5 Å². The first-order valence-corrected chi connectivity index (χ1v) is 12.9. The molecule has 1 aromatic carbocycles. The minimum Gasteiger partial charge on any atom is -0.496 e. The molecule has 1 aromatic rings. The molecule has 1 atom stereocenters. The highest BCUT2D eigenvalue weighted by atomic mass is 16.5. The van der Waals surface area contributed by atoms with Crippen molar-refractivity contribution in [3.8, 4) is 11.5 Å². The Balaban J connectivity index is 1.17. The summed E-state index contributed by atoms with van der Waals surface area (Å²) >= 11 is 0. The number of nitrogens with zero attached hydrogens (tertiary/aromatic N) is 2. The van der Waals surface area contributed by atoms with Crippen LogP contribution in [-0.2, 0) is 16.0 Å². The molecule has 4 aliphatic rings. The van der Waals surface area contributed by atoms with Gasteiger partial charge in [0.25, 0.3) is 0 Å². The van der Waals surface area contributed by atoms with Crippen molar-refractivity contribution >= 4 is 11.8 Å². The van der Waals surface area contributed by atoms with E-state index < -0.39 is 0 Å². The topological polar surface area (TPSA) is 59.1 Å². The number of piperidine rings is 2. The number of ether oxygens (including phenoxy) is 2. The average molecular weight is 455 g/mol. The van der Waals surface area contributed by atoms with Crippen LogP contribution in [0, 0.1) is 5.41 Å². The molecule has 180 valence electrons. The van der Waals surface area contributed by atoms with Gasteiger partial charge in [0.15, 0.2) is 0 Å². The average Bonchev–Trinajstić information content (AvgIpc) is 3.26. The van der Waals surface area contributed by atoms with Crippen molar-refractivity contribution in [2.75, 3.05) is 33.4 Å². The Morgan fingerprint density at radius 2 is 1.67 bits per heavy atom. The summed E-state index contributed by atoms with van der Waals surface area (Å²) in [6.07, 6.45) is 12.0. The third-order valence-electron chi connectivity index (χ3n) is 8.68. The molecular formula is C27H38N2O4. The molecule has 0 aromatic heterocycles. The number of amides is 2. The fourth-order valence-corrected chi connectivity index (χ4v) is 6.84. The van der Waals surface area contributed by atoms with E-state index in [0.717, 1.165) is 82.6 Å². The van der Waals surface area contributed by atoms with Crippen LogP contribution >= 0.6 is 0 Å². The Kier molecular flexibility index (Phi) is 6.39. The summed E-state index contributed by atoms with van der Waals surface area (Å²) in [6.45, 7) is 3.35. The Labute approximate surface area is 197 Å². The molecule has 3 fully saturated rings. The first-order chi connectivity index (χ1) is 16.0. The molecule has 5 rings (SSSR count). The maximum absolute atomic E-state index is 12.7. The van der Waals surface area contributed by atoms with E-state index in [1.807, 2.05) is 18.2 Å². The van der Waals surface area contributed by atoms with Crippen LogP contribution in [0.4, 0.5) is 0 Å².